The smallest absolute Gasteiger partial charge is 0.336 e. The number of hydrogen-bond acceptors (Lipinski definition) is 5. The lowest BCUT2D eigenvalue weighted by Crippen LogP contribution is -2.54. The molecule has 0 aliphatic carbocycles. The van der Waals surface area contributed by atoms with Crippen molar-refractivity contribution >= 4 is 45.5 Å². The van der Waals surface area contributed by atoms with E-state index < -0.39 is 23.7 Å². The molecule has 2 aromatic carbocycles. The third-order valence-corrected chi connectivity index (χ3v) is 4.64. The summed E-state index contributed by atoms with van der Waals surface area (Å²) < 4.78 is 25.5. The first-order valence-corrected chi connectivity index (χ1v) is 9.33. The van der Waals surface area contributed by atoms with Gasteiger partial charge in [-0.1, -0.05) is 12.1 Å². The Morgan fingerprint density at radius 2 is 1.93 bits per heavy atom. The van der Waals surface area contributed by atoms with E-state index >= 15 is 0 Å². The number of benzene rings is 2. The van der Waals surface area contributed by atoms with Crippen LogP contribution in [0.1, 0.15) is 12.5 Å². The summed E-state index contributed by atoms with van der Waals surface area (Å²) in [5, 5.41) is 2.06. The maximum absolute atomic E-state index is 14.1. The number of halogens is 2. The van der Waals surface area contributed by atoms with E-state index in [0.717, 1.165) is 6.07 Å². The van der Waals surface area contributed by atoms with E-state index in [9.17, 15) is 18.8 Å². The van der Waals surface area contributed by atoms with Crippen molar-refractivity contribution in [3.05, 3.63) is 57.8 Å². The Kier molecular flexibility index (Phi) is 5.97. The molecule has 1 aliphatic rings. The molecule has 7 nitrogen and oxygen atoms in total. The van der Waals surface area contributed by atoms with Crippen LogP contribution in [0.25, 0.3) is 6.08 Å². The van der Waals surface area contributed by atoms with Gasteiger partial charge in [-0.3, -0.25) is 14.9 Å². The van der Waals surface area contributed by atoms with Gasteiger partial charge in [-0.25, -0.2) is 14.1 Å². The minimum atomic E-state index is -1.02. The van der Waals surface area contributed by atoms with Crippen LogP contribution in [0.5, 0.6) is 11.5 Å². The van der Waals surface area contributed by atoms with Gasteiger partial charge < -0.3 is 9.47 Å². The normalized spacial score (nSPS) is 15.5. The van der Waals surface area contributed by atoms with Crippen LogP contribution in [-0.2, 0) is 9.59 Å². The van der Waals surface area contributed by atoms with E-state index in [-0.39, 0.29) is 11.3 Å². The van der Waals surface area contributed by atoms with Gasteiger partial charge in [-0.15, -0.1) is 0 Å². The Morgan fingerprint density at radius 1 is 1.21 bits per heavy atom. The van der Waals surface area contributed by atoms with Crippen molar-refractivity contribution in [1.29, 1.82) is 0 Å². The zero-order valence-corrected chi connectivity index (χ0v) is 17.1. The minimum Gasteiger partial charge on any atom is -0.493 e. The lowest BCUT2D eigenvalue weighted by molar-refractivity contribution is -0.122. The van der Waals surface area contributed by atoms with Crippen molar-refractivity contribution in [2.45, 2.75) is 6.92 Å². The van der Waals surface area contributed by atoms with Gasteiger partial charge >= 0.3 is 6.03 Å². The average molecular weight is 463 g/mol. The number of carbonyl (C=O) groups excluding carboxylic acids is 3. The number of nitrogens with zero attached hydrogens (tertiary/aromatic N) is 1. The summed E-state index contributed by atoms with van der Waals surface area (Å²) >= 11 is 3.37. The first-order valence-electron chi connectivity index (χ1n) is 8.53. The summed E-state index contributed by atoms with van der Waals surface area (Å²) in [6.45, 7) is 2.23. The maximum atomic E-state index is 14.1. The van der Waals surface area contributed by atoms with Gasteiger partial charge in [0.15, 0.2) is 11.5 Å². The van der Waals surface area contributed by atoms with Crippen LogP contribution in [0.15, 0.2) is 46.4 Å². The third kappa shape index (κ3) is 4.00. The summed E-state index contributed by atoms with van der Waals surface area (Å²) in [5.74, 6) is -1.72. The zero-order valence-electron chi connectivity index (χ0n) is 15.5. The fraction of sp³-hybridized carbons (Fsp3) is 0.150. The predicted molar refractivity (Wildman–Crippen MR) is 107 cm³/mol. The molecule has 1 fully saturated rings. The molecule has 4 amide bonds. The van der Waals surface area contributed by atoms with Crippen molar-refractivity contribution in [3.8, 4) is 11.5 Å². The Morgan fingerprint density at radius 3 is 2.59 bits per heavy atom. The zero-order chi connectivity index (χ0) is 21.1. The lowest BCUT2D eigenvalue weighted by Gasteiger charge is -2.26. The predicted octanol–water partition coefficient (Wildman–Crippen LogP) is 3.66. The highest BCUT2D eigenvalue weighted by Gasteiger charge is 2.38. The Bertz CT molecular complexity index is 1040. The van der Waals surface area contributed by atoms with Crippen LogP contribution in [-0.4, -0.2) is 31.6 Å². The molecule has 0 unspecified atom stereocenters. The van der Waals surface area contributed by atoms with E-state index in [1.54, 1.807) is 12.1 Å². The molecule has 0 spiro atoms. The van der Waals surface area contributed by atoms with Gasteiger partial charge in [0.05, 0.1) is 23.9 Å². The van der Waals surface area contributed by atoms with Gasteiger partial charge in [0, 0.05) is 0 Å². The molecule has 0 atom stereocenters. The highest BCUT2D eigenvalue weighted by Crippen LogP contribution is 2.37. The molecular weight excluding hydrogens is 447 g/mol. The quantitative estimate of drug-likeness (QED) is 0.541. The topological polar surface area (TPSA) is 84.9 Å². The molecule has 0 radical (unpaired) electrons. The number of anilines is 1. The van der Waals surface area contributed by atoms with Crippen LogP contribution in [0.3, 0.4) is 0 Å². The number of urea groups is 1. The summed E-state index contributed by atoms with van der Waals surface area (Å²) in [6.07, 6.45) is 1.29. The number of ether oxygens (including phenoxy) is 2. The molecule has 29 heavy (non-hydrogen) atoms. The minimum absolute atomic E-state index is 0.251. The van der Waals surface area contributed by atoms with Crippen LogP contribution >= 0.6 is 15.9 Å². The molecule has 1 N–H and O–H groups in total. The van der Waals surface area contributed by atoms with E-state index in [0.29, 0.717) is 33.0 Å². The van der Waals surface area contributed by atoms with E-state index in [1.807, 2.05) is 6.92 Å². The van der Waals surface area contributed by atoms with Gasteiger partial charge in [0.1, 0.15) is 11.4 Å². The number of imide groups is 2. The number of nitrogens with one attached hydrogen (secondary N) is 1. The van der Waals surface area contributed by atoms with Crippen LogP contribution in [0, 0.1) is 5.82 Å². The molecule has 1 aliphatic heterocycles. The Hall–Kier alpha value is -3.20. The second kappa shape index (κ2) is 8.44. The largest absolute Gasteiger partial charge is 0.493 e. The van der Waals surface area contributed by atoms with E-state index in [1.165, 1.54) is 31.4 Å². The number of amides is 4. The van der Waals surface area contributed by atoms with E-state index in [4.69, 9.17) is 9.47 Å². The van der Waals surface area contributed by atoms with Gasteiger partial charge in [0.2, 0.25) is 0 Å². The monoisotopic (exact) mass is 462 g/mol. The number of barbiturate groups is 1. The SMILES string of the molecule is CCOc1c(Br)cc(/C=C2/C(=O)NC(=O)N(c3ccccc3F)C2=O)cc1OC. The summed E-state index contributed by atoms with van der Waals surface area (Å²) in [6, 6.07) is 7.48. The number of methoxy groups -OCH3 is 1. The van der Waals surface area contributed by atoms with Crippen LogP contribution in [0.2, 0.25) is 0 Å². The molecule has 1 saturated heterocycles. The summed E-state index contributed by atoms with van der Waals surface area (Å²) in [4.78, 5) is 37.9. The van der Waals surface area contributed by atoms with Crippen molar-refractivity contribution < 1.29 is 28.2 Å². The van der Waals surface area contributed by atoms with Crippen LogP contribution in [0.4, 0.5) is 14.9 Å². The number of hydrogen-bond donors (Lipinski definition) is 1. The Labute approximate surface area is 174 Å². The molecular formula is C20H16BrFN2O5. The second-order valence-electron chi connectivity index (χ2n) is 5.88. The number of rotatable bonds is 5. The summed E-state index contributed by atoms with van der Waals surface area (Å²) in [7, 11) is 1.46. The molecule has 0 saturated carbocycles. The van der Waals surface area contributed by atoms with Gasteiger partial charge in [-0.2, -0.15) is 0 Å². The lowest BCUT2D eigenvalue weighted by atomic mass is 10.1. The molecule has 1 heterocycles. The highest BCUT2D eigenvalue weighted by molar-refractivity contribution is 9.10. The molecule has 0 bridgehead atoms. The maximum Gasteiger partial charge on any atom is 0.336 e. The van der Waals surface area contributed by atoms with E-state index in [2.05, 4.69) is 21.2 Å². The first kappa shape index (κ1) is 20.5. The summed E-state index contributed by atoms with van der Waals surface area (Å²) in [5.41, 5.74) is -0.136. The molecule has 9 heteroatoms. The van der Waals surface area contributed by atoms with Crippen LogP contribution < -0.4 is 19.7 Å². The van der Waals surface area contributed by atoms with Gasteiger partial charge in [-0.05, 0) is 58.8 Å². The van der Waals surface area contributed by atoms with Crippen molar-refractivity contribution in [1.82, 2.24) is 5.32 Å². The third-order valence-electron chi connectivity index (χ3n) is 4.05. The molecule has 150 valence electrons. The molecule has 2 aromatic rings. The molecule has 3 rings (SSSR count). The number of carbonyl (C=O) groups is 3. The second-order valence-corrected chi connectivity index (χ2v) is 6.73. The fourth-order valence-corrected chi connectivity index (χ4v) is 3.36. The highest BCUT2D eigenvalue weighted by atomic mass is 79.9. The average Bonchev–Trinajstić information content (AvgIpc) is 2.68. The fourth-order valence-electron chi connectivity index (χ4n) is 2.78. The number of para-hydroxylation sites is 1. The van der Waals surface area contributed by atoms with Crippen molar-refractivity contribution in [2.75, 3.05) is 18.6 Å². The standard InChI is InChI=1S/C20H16BrFN2O5/c1-3-29-17-13(21)9-11(10-16(17)28-2)8-12-18(25)23-20(27)24(19(12)26)15-7-5-4-6-14(15)22/h4-10H,3H2,1-2H3,(H,23,25,27)/b12-8-. The first-order chi connectivity index (χ1) is 13.9. The van der Waals surface area contributed by atoms with Crippen molar-refractivity contribution in [2.24, 2.45) is 0 Å². The van der Waals surface area contributed by atoms with Gasteiger partial charge in [0.25, 0.3) is 11.8 Å². The Balaban J connectivity index is 2.05. The molecule has 0 aromatic heterocycles. The van der Waals surface area contributed by atoms with Crippen molar-refractivity contribution in [3.63, 3.8) is 0 Å².